The monoisotopic (exact) mass is 250 g/mol. The minimum absolute atomic E-state index is 0.233. The van der Waals surface area contributed by atoms with Crippen LogP contribution in [0.5, 0.6) is 0 Å². The molecule has 88 valence electrons. The summed E-state index contributed by atoms with van der Waals surface area (Å²) >= 11 is 1.30. The fourth-order valence-corrected chi connectivity index (χ4v) is 1.67. The van der Waals surface area contributed by atoms with Gasteiger partial charge in [-0.3, -0.25) is 10.1 Å². The summed E-state index contributed by atoms with van der Waals surface area (Å²) in [5.74, 6) is 0.254. The Morgan fingerprint density at radius 1 is 1.29 bits per heavy atom. The van der Waals surface area contributed by atoms with Gasteiger partial charge in [-0.15, -0.1) is 10.2 Å². The van der Waals surface area contributed by atoms with Gasteiger partial charge >= 0.3 is 0 Å². The van der Waals surface area contributed by atoms with Crippen LogP contribution in [0.15, 0.2) is 12.4 Å². The van der Waals surface area contributed by atoms with Crippen LogP contribution in [0.3, 0.4) is 0 Å². The van der Waals surface area contributed by atoms with E-state index in [9.17, 15) is 4.79 Å². The average molecular weight is 250 g/mol. The highest BCUT2D eigenvalue weighted by Gasteiger charge is 2.10. The van der Waals surface area contributed by atoms with Crippen LogP contribution >= 0.6 is 11.3 Å². The summed E-state index contributed by atoms with van der Waals surface area (Å²) in [7, 11) is 1.73. The number of carbonyl (C=O) groups excluding carboxylic acids is 1. The Kier molecular flexibility index (Phi) is 3.24. The predicted molar refractivity (Wildman–Crippen MR) is 64.2 cm³/mol. The number of rotatable bonds is 3. The molecule has 0 saturated heterocycles. The molecule has 0 unspecified atom stereocenters. The van der Waals surface area contributed by atoms with Crippen molar-refractivity contribution in [3.8, 4) is 0 Å². The number of hydrogen-bond acceptors (Lipinski definition) is 7. The van der Waals surface area contributed by atoms with Gasteiger partial charge in [0.25, 0.3) is 5.91 Å². The molecule has 8 heteroatoms. The van der Waals surface area contributed by atoms with Crippen LogP contribution in [0.4, 0.5) is 10.9 Å². The van der Waals surface area contributed by atoms with Crippen LogP contribution < -0.4 is 10.6 Å². The van der Waals surface area contributed by atoms with Gasteiger partial charge in [-0.1, -0.05) is 11.3 Å². The first-order valence-electron chi connectivity index (χ1n) is 4.80. The lowest BCUT2D eigenvalue weighted by atomic mass is 10.4. The molecule has 0 bridgehead atoms. The van der Waals surface area contributed by atoms with Crippen molar-refractivity contribution < 1.29 is 4.79 Å². The third kappa shape index (κ3) is 2.72. The summed E-state index contributed by atoms with van der Waals surface area (Å²) < 4.78 is 0. The summed E-state index contributed by atoms with van der Waals surface area (Å²) in [4.78, 5) is 19.7. The number of nitrogens with zero attached hydrogens (tertiary/aromatic N) is 4. The van der Waals surface area contributed by atoms with Gasteiger partial charge < -0.3 is 5.32 Å². The molecule has 0 spiro atoms. The molecule has 0 aliphatic heterocycles. The van der Waals surface area contributed by atoms with E-state index in [1.807, 2.05) is 6.92 Å². The molecule has 0 radical (unpaired) electrons. The highest BCUT2D eigenvalue weighted by Crippen LogP contribution is 2.14. The summed E-state index contributed by atoms with van der Waals surface area (Å²) in [6.07, 6.45) is 2.88. The zero-order chi connectivity index (χ0) is 12.3. The SMILES string of the molecule is CNc1cnc(C(=O)Nc2nnc(C)s2)cn1. The molecule has 0 saturated carbocycles. The van der Waals surface area contributed by atoms with Crippen LogP contribution in [0, 0.1) is 6.92 Å². The molecular weight excluding hydrogens is 240 g/mol. The van der Waals surface area contributed by atoms with E-state index in [0.29, 0.717) is 10.9 Å². The molecular formula is C9H10N6OS. The Morgan fingerprint density at radius 2 is 2.12 bits per heavy atom. The van der Waals surface area contributed by atoms with Gasteiger partial charge in [0.2, 0.25) is 5.13 Å². The largest absolute Gasteiger partial charge is 0.372 e. The average Bonchev–Trinajstić information content (AvgIpc) is 2.75. The van der Waals surface area contributed by atoms with E-state index in [0.717, 1.165) is 5.01 Å². The first-order chi connectivity index (χ1) is 8.19. The minimum Gasteiger partial charge on any atom is -0.372 e. The fraction of sp³-hybridized carbons (Fsp3) is 0.222. The maximum Gasteiger partial charge on any atom is 0.277 e. The van der Waals surface area contributed by atoms with Gasteiger partial charge in [-0.05, 0) is 6.92 Å². The molecule has 2 heterocycles. The second-order valence-corrected chi connectivity index (χ2v) is 4.30. The van der Waals surface area contributed by atoms with Crippen LogP contribution in [0.2, 0.25) is 0 Å². The number of carbonyl (C=O) groups is 1. The van der Waals surface area contributed by atoms with Crippen molar-refractivity contribution in [1.29, 1.82) is 0 Å². The second kappa shape index (κ2) is 4.83. The quantitative estimate of drug-likeness (QED) is 0.841. The molecule has 2 N–H and O–H groups in total. The predicted octanol–water partition coefficient (Wildman–Crippen LogP) is 0.931. The van der Waals surface area contributed by atoms with Gasteiger partial charge in [-0.2, -0.15) is 0 Å². The number of hydrogen-bond donors (Lipinski definition) is 2. The van der Waals surface area contributed by atoms with E-state index < -0.39 is 0 Å². The first-order valence-corrected chi connectivity index (χ1v) is 5.62. The molecule has 7 nitrogen and oxygen atoms in total. The van der Waals surface area contributed by atoms with E-state index in [-0.39, 0.29) is 11.6 Å². The summed E-state index contributed by atoms with van der Waals surface area (Å²) in [6, 6.07) is 0. The molecule has 2 rings (SSSR count). The topological polar surface area (TPSA) is 92.7 Å². The summed E-state index contributed by atoms with van der Waals surface area (Å²) in [6.45, 7) is 1.81. The van der Waals surface area contributed by atoms with Crippen molar-refractivity contribution in [2.75, 3.05) is 17.7 Å². The lowest BCUT2D eigenvalue weighted by molar-refractivity contribution is 0.102. The summed E-state index contributed by atoms with van der Waals surface area (Å²) in [5.41, 5.74) is 0.233. The fourth-order valence-electron chi connectivity index (χ4n) is 1.08. The van der Waals surface area contributed by atoms with Crippen molar-refractivity contribution in [2.24, 2.45) is 0 Å². The molecule has 0 atom stereocenters. The maximum absolute atomic E-state index is 11.7. The molecule has 2 aromatic rings. The van der Waals surface area contributed by atoms with E-state index in [1.165, 1.54) is 23.7 Å². The Bertz CT molecular complexity index is 523. The second-order valence-electron chi connectivity index (χ2n) is 3.12. The Labute approximate surface area is 101 Å². The van der Waals surface area contributed by atoms with Crippen molar-refractivity contribution in [1.82, 2.24) is 20.2 Å². The third-order valence-corrected chi connectivity index (χ3v) is 2.64. The normalized spacial score (nSPS) is 10.0. The van der Waals surface area contributed by atoms with Crippen molar-refractivity contribution in [3.05, 3.63) is 23.1 Å². The first kappa shape index (κ1) is 11.4. The zero-order valence-electron chi connectivity index (χ0n) is 9.26. The minimum atomic E-state index is -0.351. The number of aromatic nitrogens is 4. The van der Waals surface area contributed by atoms with E-state index >= 15 is 0 Å². The molecule has 17 heavy (non-hydrogen) atoms. The molecule has 0 aromatic carbocycles. The summed E-state index contributed by atoms with van der Waals surface area (Å²) in [5, 5.41) is 14.2. The molecule has 2 aromatic heterocycles. The Morgan fingerprint density at radius 3 is 2.65 bits per heavy atom. The van der Waals surface area contributed by atoms with Gasteiger partial charge in [-0.25, -0.2) is 9.97 Å². The van der Waals surface area contributed by atoms with Gasteiger partial charge in [0.05, 0.1) is 12.4 Å². The van der Waals surface area contributed by atoms with E-state index in [2.05, 4.69) is 30.8 Å². The van der Waals surface area contributed by atoms with Crippen molar-refractivity contribution >= 4 is 28.2 Å². The molecule has 0 aliphatic rings. The Balaban J connectivity index is 2.09. The highest BCUT2D eigenvalue weighted by molar-refractivity contribution is 7.15. The lowest BCUT2D eigenvalue weighted by Gasteiger charge is -2.01. The maximum atomic E-state index is 11.7. The smallest absolute Gasteiger partial charge is 0.277 e. The number of nitrogens with one attached hydrogen (secondary N) is 2. The zero-order valence-corrected chi connectivity index (χ0v) is 10.1. The number of amides is 1. The van der Waals surface area contributed by atoms with Gasteiger partial charge in [0.15, 0.2) is 0 Å². The standard InChI is InChI=1S/C9H10N6OS/c1-5-14-15-9(17-5)13-8(16)6-3-12-7(10-2)4-11-6/h3-4H,1-2H3,(H,10,12)(H,13,15,16). The molecule has 0 fully saturated rings. The number of aryl methyl sites for hydroxylation is 1. The van der Waals surface area contributed by atoms with Crippen LogP contribution in [0.1, 0.15) is 15.5 Å². The molecule has 1 amide bonds. The molecule has 0 aliphatic carbocycles. The van der Waals surface area contributed by atoms with Crippen molar-refractivity contribution in [2.45, 2.75) is 6.92 Å². The third-order valence-electron chi connectivity index (χ3n) is 1.89. The van der Waals surface area contributed by atoms with Crippen LogP contribution in [-0.2, 0) is 0 Å². The highest BCUT2D eigenvalue weighted by atomic mass is 32.1. The number of anilines is 2. The van der Waals surface area contributed by atoms with E-state index in [4.69, 9.17) is 0 Å². The Hall–Kier alpha value is -2.09. The van der Waals surface area contributed by atoms with Crippen LogP contribution in [-0.4, -0.2) is 33.1 Å². The van der Waals surface area contributed by atoms with Crippen molar-refractivity contribution in [3.63, 3.8) is 0 Å². The van der Waals surface area contributed by atoms with Gasteiger partial charge in [0.1, 0.15) is 16.5 Å². The van der Waals surface area contributed by atoms with Crippen LogP contribution in [0.25, 0.3) is 0 Å². The lowest BCUT2D eigenvalue weighted by Crippen LogP contribution is -2.14. The van der Waals surface area contributed by atoms with Gasteiger partial charge in [0, 0.05) is 7.05 Å². The van der Waals surface area contributed by atoms with E-state index in [1.54, 1.807) is 7.05 Å².